The molecule has 0 aliphatic carbocycles. The average molecular weight is 690 g/mol. The molecule has 4 aromatic carbocycles. The Morgan fingerprint density at radius 3 is 1.90 bits per heavy atom. The Labute approximate surface area is 295 Å². The summed E-state index contributed by atoms with van der Waals surface area (Å²) in [5.74, 6) is -0.578. The first-order valence-electron chi connectivity index (χ1n) is 16.4. The van der Waals surface area contributed by atoms with Crippen LogP contribution in [0, 0.1) is 0 Å². The highest BCUT2D eigenvalue weighted by Gasteiger charge is 2.21. The molecule has 262 valence electrons. The second-order valence-electron chi connectivity index (χ2n) is 13.1. The van der Waals surface area contributed by atoms with Crippen LogP contribution in [-0.2, 0) is 19.8 Å². The van der Waals surface area contributed by atoms with Gasteiger partial charge in [0.1, 0.15) is 28.7 Å². The van der Waals surface area contributed by atoms with Gasteiger partial charge in [-0.1, -0.05) is 45.0 Å². The number of fused-ring (bicyclic) bond motifs is 1. The first-order chi connectivity index (χ1) is 24.3. The first kappa shape index (κ1) is 36.1. The minimum atomic E-state index is -1.08. The van der Waals surface area contributed by atoms with E-state index in [0.29, 0.717) is 34.2 Å². The Kier molecular flexibility index (Phi) is 11.3. The number of pyridine rings is 1. The lowest BCUT2D eigenvalue weighted by Crippen LogP contribution is -2.30. The van der Waals surface area contributed by atoms with Crippen molar-refractivity contribution in [2.45, 2.75) is 57.9 Å². The van der Waals surface area contributed by atoms with E-state index in [2.05, 4.69) is 36.4 Å². The van der Waals surface area contributed by atoms with Gasteiger partial charge < -0.3 is 30.3 Å². The van der Waals surface area contributed by atoms with Crippen molar-refractivity contribution >= 4 is 40.2 Å². The Morgan fingerprint density at radius 2 is 1.29 bits per heavy atom. The lowest BCUT2D eigenvalue weighted by molar-refractivity contribution is -0.138. The zero-order valence-electron chi connectivity index (χ0n) is 28.5. The summed E-state index contributed by atoms with van der Waals surface area (Å²) in [6.45, 7) is 6.45. The summed E-state index contributed by atoms with van der Waals surface area (Å²) in [6.07, 6.45) is 1.52. The summed E-state index contributed by atoms with van der Waals surface area (Å²) in [7, 11) is 0. The van der Waals surface area contributed by atoms with Gasteiger partial charge in [-0.05, 0) is 101 Å². The number of rotatable bonds is 14. The van der Waals surface area contributed by atoms with Gasteiger partial charge in [0, 0.05) is 30.1 Å². The van der Waals surface area contributed by atoms with Crippen LogP contribution in [0.5, 0.6) is 23.0 Å². The van der Waals surface area contributed by atoms with Gasteiger partial charge in [-0.15, -0.1) is 0 Å². The number of ether oxygens (including phenoxy) is 2. The Balaban J connectivity index is 1.22. The highest BCUT2D eigenvalue weighted by atomic mass is 16.5. The summed E-state index contributed by atoms with van der Waals surface area (Å²) in [4.78, 5) is 52.1. The van der Waals surface area contributed by atoms with E-state index < -0.39 is 23.9 Å². The number of carbonyl (C=O) groups excluding carboxylic acids is 2. The second-order valence-corrected chi connectivity index (χ2v) is 13.1. The summed E-state index contributed by atoms with van der Waals surface area (Å²) in [5.41, 5.74) is 2.46. The number of carboxylic acids is 2. The zero-order chi connectivity index (χ0) is 36.5. The van der Waals surface area contributed by atoms with Crippen molar-refractivity contribution < 1.29 is 38.9 Å². The lowest BCUT2D eigenvalue weighted by Gasteiger charge is -2.19. The van der Waals surface area contributed by atoms with E-state index in [0.717, 1.165) is 10.8 Å². The van der Waals surface area contributed by atoms with Crippen LogP contribution in [0.1, 0.15) is 74.1 Å². The molecule has 11 nitrogen and oxygen atoms in total. The number of carboxylic acid groups (broad SMARTS) is 2. The van der Waals surface area contributed by atoms with Gasteiger partial charge in [0.15, 0.2) is 0 Å². The number of amides is 2. The maximum atomic E-state index is 13.4. The third kappa shape index (κ3) is 10.4. The van der Waals surface area contributed by atoms with Crippen molar-refractivity contribution in [3.8, 4) is 23.0 Å². The standard InChI is InChI=1S/C40H39N3O8/c1-40(2,3)28-10-17-31(18-11-28)51-33-16-9-26-24-41-35(22-27(26)21-33)39(49)43-34(23-38(47)48)25-7-14-30(15-8-25)50-32-19-12-29(13-20-32)42-36(44)5-4-6-37(45)46/h7-22,24,34H,4-6,23H2,1-3H3,(H,42,44)(H,43,49)(H,45,46)(H,47,48). The van der Waals surface area contributed by atoms with Gasteiger partial charge in [0.25, 0.3) is 5.91 Å². The third-order valence-corrected chi connectivity index (χ3v) is 8.02. The number of aliphatic carboxylic acids is 2. The van der Waals surface area contributed by atoms with E-state index in [1.165, 1.54) is 5.56 Å². The number of aromatic nitrogens is 1. The van der Waals surface area contributed by atoms with E-state index in [1.54, 1.807) is 60.8 Å². The SMILES string of the molecule is CC(C)(C)c1ccc(Oc2ccc3cnc(C(=O)NC(CC(=O)O)c4ccc(Oc5ccc(NC(=O)CCCC(=O)O)cc5)cc4)cc3c2)cc1. The van der Waals surface area contributed by atoms with Crippen LogP contribution in [0.3, 0.4) is 0 Å². The molecule has 2 amide bonds. The van der Waals surface area contributed by atoms with E-state index in [9.17, 15) is 24.3 Å². The first-order valence-corrected chi connectivity index (χ1v) is 16.4. The second kappa shape index (κ2) is 16.0. The largest absolute Gasteiger partial charge is 0.481 e. The predicted molar refractivity (Wildman–Crippen MR) is 192 cm³/mol. The summed E-state index contributed by atoms with van der Waals surface area (Å²) < 4.78 is 12.0. The molecular formula is C40H39N3O8. The molecule has 0 aliphatic heterocycles. The van der Waals surface area contributed by atoms with Gasteiger partial charge in [-0.2, -0.15) is 0 Å². The van der Waals surface area contributed by atoms with Gasteiger partial charge >= 0.3 is 11.9 Å². The topological polar surface area (TPSA) is 164 Å². The number of benzene rings is 4. The molecule has 5 rings (SSSR count). The molecule has 1 heterocycles. The van der Waals surface area contributed by atoms with E-state index in [4.69, 9.17) is 14.6 Å². The fourth-order valence-corrected chi connectivity index (χ4v) is 5.26. The monoisotopic (exact) mass is 689 g/mol. The molecule has 0 saturated heterocycles. The van der Waals surface area contributed by atoms with E-state index in [-0.39, 0.29) is 42.7 Å². The highest BCUT2D eigenvalue weighted by Crippen LogP contribution is 2.30. The lowest BCUT2D eigenvalue weighted by atomic mass is 9.87. The molecule has 0 aliphatic rings. The van der Waals surface area contributed by atoms with Crippen molar-refractivity contribution in [3.05, 3.63) is 120 Å². The predicted octanol–water partition coefficient (Wildman–Crippen LogP) is 8.26. The van der Waals surface area contributed by atoms with Crippen LogP contribution < -0.4 is 20.1 Å². The van der Waals surface area contributed by atoms with Gasteiger partial charge in [-0.3, -0.25) is 24.2 Å². The molecule has 0 spiro atoms. The molecule has 1 unspecified atom stereocenters. The van der Waals surface area contributed by atoms with Crippen LogP contribution in [0.15, 0.2) is 103 Å². The molecule has 1 atom stereocenters. The third-order valence-electron chi connectivity index (χ3n) is 8.02. The molecule has 4 N–H and O–H groups in total. The Hall–Kier alpha value is -6.23. The molecule has 11 heteroatoms. The fraction of sp³-hybridized carbons (Fsp3) is 0.225. The number of hydrogen-bond donors (Lipinski definition) is 4. The molecule has 5 aromatic rings. The van der Waals surface area contributed by atoms with Gasteiger partial charge in [-0.25, -0.2) is 0 Å². The van der Waals surface area contributed by atoms with Crippen LogP contribution >= 0.6 is 0 Å². The van der Waals surface area contributed by atoms with Crippen molar-refractivity contribution in [2.75, 3.05) is 5.32 Å². The van der Waals surface area contributed by atoms with Crippen LogP contribution in [0.25, 0.3) is 10.8 Å². The fourth-order valence-electron chi connectivity index (χ4n) is 5.26. The zero-order valence-corrected chi connectivity index (χ0v) is 28.5. The highest BCUT2D eigenvalue weighted by molar-refractivity contribution is 5.97. The van der Waals surface area contributed by atoms with Gasteiger partial charge in [0.2, 0.25) is 5.91 Å². The normalized spacial score (nSPS) is 11.7. The number of hydrogen-bond acceptors (Lipinski definition) is 7. The molecule has 1 aromatic heterocycles. The van der Waals surface area contributed by atoms with Gasteiger partial charge in [0.05, 0.1) is 12.5 Å². The van der Waals surface area contributed by atoms with Crippen molar-refractivity contribution in [2.24, 2.45) is 0 Å². The summed E-state index contributed by atoms with van der Waals surface area (Å²) in [5, 5.41) is 25.4. The van der Waals surface area contributed by atoms with Crippen LogP contribution in [0.2, 0.25) is 0 Å². The van der Waals surface area contributed by atoms with E-state index >= 15 is 0 Å². The molecular weight excluding hydrogens is 650 g/mol. The molecule has 0 saturated carbocycles. The number of anilines is 1. The van der Waals surface area contributed by atoms with Crippen molar-refractivity contribution in [1.29, 1.82) is 0 Å². The summed E-state index contributed by atoms with van der Waals surface area (Å²) in [6, 6.07) is 27.6. The maximum absolute atomic E-state index is 13.4. The number of nitrogens with zero attached hydrogens (tertiary/aromatic N) is 1. The molecule has 0 fully saturated rings. The molecule has 0 radical (unpaired) electrons. The molecule has 51 heavy (non-hydrogen) atoms. The Morgan fingerprint density at radius 1 is 0.706 bits per heavy atom. The minimum absolute atomic E-state index is 0.0268. The quantitative estimate of drug-likeness (QED) is 0.0898. The maximum Gasteiger partial charge on any atom is 0.305 e. The van der Waals surface area contributed by atoms with Crippen molar-refractivity contribution in [3.63, 3.8) is 0 Å². The average Bonchev–Trinajstić information content (AvgIpc) is 3.08. The molecule has 0 bridgehead atoms. The number of carbonyl (C=O) groups is 4. The van der Waals surface area contributed by atoms with Crippen LogP contribution in [-0.4, -0.2) is 39.0 Å². The smallest absolute Gasteiger partial charge is 0.305 e. The number of nitrogens with one attached hydrogen (secondary N) is 2. The minimum Gasteiger partial charge on any atom is -0.481 e. The Bertz CT molecular complexity index is 2020. The van der Waals surface area contributed by atoms with E-state index in [1.807, 2.05) is 42.5 Å². The van der Waals surface area contributed by atoms with Crippen molar-refractivity contribution in [1.82, 2.24) is 10.3 Å². The summed E-state index contributed by atoms with van der Waals surface area (Å²) >= 11 is 0. The van der Waals surface area contributed by atoms with Crippen LogP contribution in [0.4, 0.5) is 5.69 Å².